The van der Waals surface area contributed by atoms with E-state index < -0.39 is 77.9 Å². The number of aliphatic carboxylic acids is 1. The molecule has 0 unspecified atom stereocenters. The summed E-state index contributed by atoms with van der Waals surface area (Å²) >= 11 is 0. The first-order chi connectivity index (χ1) is 23.4. The van der Waals surface area contributed by atoms with Gasteiger partial charge in [0.25, 0.3) is 0 Å². The number of anilines is 3. The molecule has 0 aliphatic carbocycles. The molecule has 1 aromatic carbocycles. The Hall–Kier alpha value is -4.84. The number of amides is 1. The Morgan fingerprint density at radius 2 is 1.57 bits per heavy atom. The normalized spacial score (nSPS) is 16.8. The molecule has 10 nitrogen and oxygen atoms in total. The Morgan fingerprint density at radius 1 is 0.961 bits per heavy atom. The minimum absolute atomic E-state index is 0.00228. The summed E-state index contributed by atoms with van der Waals surface area (Å²) in [6.07, 6.45) is -15.2. The van der Waals surface area contributed by atoms with Gasteiger partial charge in [-0.25, -0.2) is 19.7 Å². The van der Waals surface area contributed by atoms with E-state index in [0.29, 0.717) is 18.2 Å². The van der Waals surface area contributed by atoms with Gasteiger partial charge < -0.3 is 20.1 Å². The number of carboxylic acids is 1. The number of nitrogens with one attached hydrogen (secondary N) is 1. The number of carbonyl (C=O) groups excluding carboxylic acids is 1. The second-order valence-corrected chi connectivity index (χ2v) is 12.7. The van der Waals surface area contributed by atoms with E-state index in [2.05, 4.69) is 20.3 Å². The van der Waals surface area contributed by atoms with Gasteiger partial charge in [0, 0.05) is 26.6 Å². The van der Waals surface area contributed by atoms with Gasteiger partial charge in [-0.2, -0.15) is 39.5 Å². The predicted molar refractivity (Wildman–Crippen MR) is 165 cm³/mol. The summed E-state index contributed by atoms with van der Waals surface area (Å²) in [5.74, 6) is -1.49. The summed E-state index contributed by atoms with van der Waals surface area (Å²) in [6, 6.07) is 1.03. The topological polar surface area (TPSA) is 121 Å². The van der Waals surface area contributed by atoms with Crippen molar-refractivity contribution >= 4 is 29.4 Å². The smallest absolute Gasteiger partial charge is 0.433 e. The molecule has 0 saturated carbocycles. The van der Waals surface area contributed by atoms with Crippen molar-refractivity contribution in [3.8, 4) is 0 Å². The number of benzene rings is 1. The van der Waals surface area contributed by atoms with Gasteiger partial charge >= 0.3 is 30.6 Å². The standard InChI is InChI=1S/C32H33F9N6O4/c1-6-19-13-21(25-22(7-8-24(45-25)32(39,40)41)47(19)28(50)51-15-29(2,3)26(48)49)44-27-42-14-23(46(4)5)20(43-27)11-16-9-17(30(33,34)35)12-18(10-16)31(36,37)38/h7-10,12,14,19,21H,6,11,13,15H2,1-5H3,(H,48,49)(H,42,43,44)/t19-,21+/m1/s1. The maximum absolute atomic E-state index is 13.8. The fraction of sp³-hybridized carbons (Fsp3) is 0.469. The van der Waals surface area contributed by atoms with E-state index in [-0.39, 0.29) is 53.2 Å². The highest BCUT2D eigenvalue weighted by molar-refractivity contribution is 5.90. The molecule has 2 aromatic heterocycles. The summed E-state index contributed by atoms with van der Waals surface area (Å²) in [5.41, 5.74) is -6.28. The molecule has 0 radical (unpaired) electrons. The third-order valence-corrected chi connectivity index (χ3v) is 8.11. The Bertz CT molecular complexity index is 1750. The summed E-state index contributed by atoms with van der Waals surface area (Å²) in [7, 11) is 3.08. The number of carboxylic acid groups (broad SMARTS) is 1. The first-order valence-corrected chi connectivity index (χ1v) is 15.3. The van der Waals surface area contributed by atoms with E-state index in [1.807, 2.05) is 0 Å². The van der Waals surface area contributed by atoms with Gasteiger partial charge in [0.05, 0.1) is 51.5 Å². The van der Waals surface area contributed by atoms with Crippen LogP contribution in [0.2, 0.25) is 0 Å². The van der Waals surface area contributed by atoms with Crippen molar-refractivity contribution < 1.29 is 58.9 Å². The maximum Gasteiger partial charge on any atom is 0.433 e. The zero-order valence-electron chi connectivity index (χ0n) is 27.8. The van der Waals surface area contributed by atoms with Crippen LogP contribution in [0.5, 0.6) is 0 Å². The zero-order chi connectivity index (χ0) is 38.3. The van der Waals surface area contributed by atoms with E-state index in [1.165, 1.54) is 24.9 Å². The van der Waals surface area contributed by atoms with E-state index in [9.17, 15) is 54.2 Å². The SMILES string of the molecule is CC[C@@H]1C[C@H](Nc2ncc(N(C)C)c(Cc3cc(C(F)(F)F)cc(C(F)(F)F)c3)n2)c2nc(C(F)(F)F)ccc2N1C(=O)OCC(C)(C)C(=O)O. The lowest BCUT2D eigenvalue weighted by atomic mass is 9.93. The third kappa shape index (κ3) is 8.91. The number of alkyl halides is 9. The first-order valence-electron chi connectivity index (χ1n) is 15.3. The van der Waals surface area contributed by atoms with Crippen LogP contribution in [0, 0.1) is 5.41 Å². The quantitative estimate of drug-likeness (QED) is 0.211. The monoisotopic (exact) mass is 736 g/mol. The fourth-order valence-electron chi connectivity index (χ4n) is 5.32. The Kier molecular flexibility index (Phi) is 10.7. The second-order valence-electron chi connectivity index (χ2n) is 12.7. The second kappa shape index (κ2) is 14.1. The van der Waals surface area contributed by atoms with Gasteiger partial charge in [0.2, 0.25) is 5.95 Å². The molecule has 0 saturated heterocycles. The van der Waals surface area contributed by atoms with Crippen LogP contribution < -0.4 is 15.1 Å². The third-order valence-electron chi connectivity index (χ3n) is 8.11. The molecule has 4 rings (SSSR count). The van der Waals surface area contributed by atoms with Gasteiger partial charge in [0.15, 0.2) is 0 Å². The summed E-state index contributed by atoms with van der Waals surface area (Å²) in [6.45, 7) is 3.78. The zero-order valence-corrected chi connectivity index (χ0v) is 27.8. The van der Waals surface area contributed by atoms with Crippen molar-refractivity contribution in [3.05, 3.63) is 70.3 Å². The van der Waals surface area contributed by atoms with Crippen LogP contribution in [-0.2, 0) is 34.5 Å². The lowest BCUT2D eigenvalue weighted by Crippen LogP contribution is -2.47. The van der Waals surface area contributed by atoms with Crippen LogP contribution in [0.1, 0.15) is 73.4 Å². The molecule has 2 atom stereocenters. The number of halogens is 9. The summed E-state index contributed by atoms with van der Waals surface area (Å²) < 4.78 is 128. The molecule has 1 aliphatic rings. The molecular formula is C32H33F9N6O4. The highest BCUT2D eigenvalue weighted by atomic mass is 19.4. The van der Waals surface area contributed by atoms with E-state index >= 15 is 0 Å². The molecule has 1 aliphatic heterocycles. The molecule has 3 heterocycles. The van der Waals surface area contributed by atoms with E-state index in [0.717, 1.165) is 11.0 Å². The number of fused-ring (bicyclic) bond motifs is 1. The molecule has 278 valence electrons. The van der Waals surface area contributed by atoms with Gasteiger partial charge in [-0.15, -0.1) is 0 Å². The predicted octanol–water partition coefficient (Wildman–Crippen LogP) is 7.97. The highest BCUT2D eigenvalue weighted by Gasteiger charge is 2.42. The van der Waals surface area contributed by atoms with Crippen molar-refractivity contribution in [3.63, 3.8) is 0 Å². The van der Waals surface area contributed by atoms with Crippen molar-refractivity contribution in [1.82, 2.24) is 15.0 Å². The average molecular weight is 737 g/mol. The fourth-order valence-corrected chi connectivity index (χ4v) is 5.32. The average Bonchev–Trinajstić information content (AvgIpc) is 3.01. The van der Waals surface area contributed by atoms with Crippen molar-refractivity contribution in [2.45, 2.75) is 70.6 Å². The van der Waals surface area contributed by atoms with Gasteiger partial charge in [-0.05, 0) is 62.6 Å². The number of aromatic nitrogens is 3. The van der Waals surface area contributed by atoms with Crippen LogP contribution in [0.25, 0.3) is 0 Å². The Balaban J connectivity index is 1.76. The Labute approximate surface area is 285 Å². The first kappa shape index (κ1) is 39.0. The molecule has 0 fully saturated rings. The highest BCUT2D eigenvalue weighted by Crippen LogP contribution is 2.42. The molecule has 2 N–H and O–H groups in total. The molecule has 1 amide bonds. The molecule has 3 aromatic rings. The van der Waals surface area contributed by atoms with Crippen molar-refractivity contribution in [2.24, 2.45) is 5.41 Å². The van der Waals surface area contributed by atoms with Gasteiger partial charge in [0.1, 0.15) is 12.3 Å². The van der Waals surface area contributed by atoms with E-state index in [1.54, 1.807) is 21.0 Å². The lowest BCUT2D eigenvalue weighted by molar-refractivity contribution is -0.149. The van der Waals surface area contributed by atoms with Crippen molar-refractivity contribution in [1.29, 1.82) is 0 Å². The Morgan fingerprint density at radius 3 is 2.08 bits per heavy atom. The minimum atomic E-state index is -5.09. The van der Waals surface area contributed by atoms with Crippen LogP contribution in [0.15, 0.2) is 36.5 Å². The maximum atomic E-state index is 13.8. The molecule has 19 heteroatoms. The number of carbonyl (C=O) groups is 2. The summed E-state index contributed by atoms with van der Waals surface area (Å²) in [5, 5.41) is 12.3. The number of hydrogen-bond donors (Lipinski definition) is 2. The van der Waals surface area contributed by atoms with Crippen molar-refractivity contribution in [2.75, 3.05) is 35.8 Å². The molecule has 51 heavy (non-hydrogen) atoms. The lowest BCUT2D eigenvalue weighted by Gasteiger charge is -2.40. The molecule has 0 spiro atoms. The number of nitrogens with zero attached hydrogens (tertiary/aromatic N) is 5. The number of pyridine rings is 1. The van der Waals surface area contributed by atoms with Crippen LogP contribution in [0.4, 0.5) is 61.6 Å². The largest absolute Gasteiger partial charge is 0.481 e. The van der Waals surface area contributed by atoms with Gasteiger partial charge in [-0.3, -0.25) is 9.69 Å². The van der Waals surface area contributed by atoms with Crippen LogP contribution in [-0.4, -0.2) is 58.9 Å². The van der Waals surface area contributed by atoms with Crippen LogP contribution in [0.3, 0.4) is 0 Å². The molecular weight excluding hydrogens is 703 g/mol. The minimum Gasteiger partial charge on any atom is -0.481 e. The van der Waals surface area contributed by atoms with Crippen LogP contribution >= 0.6 is 0 Å². The molecule has 0 bridgehead atoms. The van der Waals surface area contributed by atoms with E-state index in [4.69, 9.17) is 4.74 Å². The number of ether oxygens (including phenoxy) is 1. The van der Waals surface area contributed by atoms with Gasteiger partial charge in [-0.1, -0.05) is 6.92 Å². The summed E-state index contributed by atoms with van der Waals surface area (Å²) in [4.78, 5) is 39.8. The number of hydrogen-bond acceptors (Lipinski definition) is 8. The number of rotatable bonds is 9.